The second-order valence-corrected chi connectivity index (χ2v) is 1.65. The van der Waals surface area contributed by atoms with Crippen LogP contribution >= 0.6 is 12.4 Å². The smallest absolute Gasteiger partial charge is 0.0715 e. The number of aromatic carboxylic acids is 1. The van der Waals surface area contributed by atoms with E-state index in [1.54, 1.807) is 18.2 Å². The first-order valence-corrected chi connectivity index (χ1v) is 2.57. The molecule has 10 heavy (non-hydrogen) atoms. The Balaban J connectivity index is 0.000000810. The number of rotatable bonds is 1. The van der Waals surface area contributed by atoms with Crippen LogP contribution in [-0.4, -0.2) is 5.97 Å². The van der Waals surface area contributed by atoms with Crippen molar-refractivity contribution in [1.29, 1.82) is 0 Å². The maximum atomic E-state index is 10.1. The summed E-state index contributed by atoms with van der Waals surface area (Å²) in [7, 11) is 0. The molecule has 0 atom stereocenters. The van der Waals surface area contributed by atoms with Gasteiger partial charge in [0.05, 0.1) is 5.97 Å². The zero-order valence-electron chi connectivity index (χ0n) is 5.11. The van der Waals surface area contributed by atoms with E-state index in [-0.39, 0.29) is 18.0 Å². The molecule has 0 amide bonds. The molecule has 0 saturated carbocycles. The fourth-order valence-electron chi connectivity index (χ4n) is 0.574. The quantitative estimate of drug-likeness (QED) is 0.595. The van der Waals surface area contributed by atoms with Crippen molar-refractivity contribution in [2.24, 2.45) is 0 Å². The summed E-state index contributed by atoms with van der Waals surface area (Å²) in [6.45, 7) is 0. The van der Waals surface area contributed by atoms with Crippen molar-refractivity contribution in [3.05, 3.63) is 35.9 Å². The van der Waals surface area contributed by atoms with E-state index in [4.69, 9.17) is 0 Å². The van der Waals surface area contributed by atoms with E-state index in [1.807, 2.05) is 0 Å². The first-order chi connectivity index (χ1) is 4.30. The van der Waals surface area contributed by atoms with E-state index in [9.17, 15) is 9.90 Å². The predicted octanol–water partition coefficient (Wildman–Crippen LogP) is 0.472. The van der Waals surface area contributed by atoms with Crippen LogP contribution in [0.5, 0.6) is 0 Å². The van der Waals surface area contributed by atoms with Gasteiger partial charge < -0.3 is 9.90 Å². The highest BCUT2D eigenvalue weighted by Crippen LogP contribution is 1.94. The molecule has 0 N–H and O–H groups in total. The van der Waals surface area contributed by atoms with Crippen LogP contribution in [0.1, 0.15) is 10.4 Å². The number of halogens is 1. The SMILES string of the molecule is Cl.O=C([O-])c1ccccc1. The molecule has 0 aliphatic carbocycles. The van der Waals surface area contributed by atoms with E-state index in [0.29, 0.717) is 0 Å². The van der Waals surface area contributed by atoms with Gasteiger partial charge in [-0.15, -0.1) is 12.4 Å². The second-order valence-electron chi connectivity index (χ2n) is 1.65. The number of carbonyl (C=O) groups excluding carboxylic acids is 1. The molecule has 0 bridgehead atoms. The topological polar surface area (TPSA) is 40.1 Å². The third-order valence-electron chi connectivity index (χ3n) is 1.01. The van der Waals surface area contributed by atoms with E-state index >= 15 is 0 Å². The summed E-state index contributed by atoms with van der Waals surface area (Å²) in [5.74, 6) is -1.13. The molecule has 0 aliphatic rings. The first-order valence-electron chi connectivity index (χ1n) is 2.57. The number of hydrogen-bond acceptors (Lipinski definition) is 2. The van der Waals surface area contributed by atoms with Crippen LogP contribution in [0.4, 0.5) is 0 Å². The molecule has 0 heterocycles. The average molecular weight is 158 g/mol. The Hall–Kier alpha value is -1.02. The van der Waals surface area contributed by atoms with Crippen molar-refractivity contribution >= 4 is 18.4 Å². The number of carbonyl (C=O) groups is 1. The van der Waals surface area contributed by atoms with Gasteiger partial charge >= 0.3 is 0 Å². The number of benzene rings is 1. The molecule has 1 aromatic rings. The summed E-state index contributed by atoms with van der Waals surface area (Å²) in [5, 5.41) is 10.1. The molecule has 1 aromatic carbocycles. The van der Waals surface area contributed by atoms with Gasteiger partial charge in [-0.1, -0.05) is 30.3 Å². The van der Waals surface area contributed by atoms with Gasteiger partial charge in [0.25, 0.3) is 0 Å². The number of carboxylic acid groups (broad SMARTS) is 1. The van der Waals surface area contributed by atoms with Crippen LogP contribution in [0, 0.1) is 0 Å². The third-order valence-corrected chi connectivity index (χ3v) is 1.01. The normalized spacial score (nSPS) is 8.00. The van der Waals surface area contributed by atoms with E-state index in [1.165, 1.54) is 12.1 Å². The second kappa shape index (κ2) is 3.90. The lowest BCUT2D eigenvalue weighted by molar-refractivity contribution is -0.255. The molecule has 2 nitrogen and oxygen atoms in total. The fraction of sp³-hybridized carbons (Fsp3) is 0. The largest absolute Gasteiger partial charge is 0.545 e. The van der Waals surface area contributed by atoms with Crippen molar-refractivity contribution in [3.8, 4) is 0 Å². The Kier molecular flexibility index (Phi) is 3.51. The summed E-state index contributed by atoms with van der Waals surface area (Å²) >= 11 is 0. The monoisotopic (exact) mass is 157 g/mol. The fourth-order valence-corrected chi connectivity index (χ4v) is 0.574. The van der Waals surface area contributed by atoms with Gasteiger partial charge in [-0.3, -0.25) is 0 Å². The molecule has 0 radical (unpaired) electrons. The zero-order valence-corrected chi connectivity index (χ0v) is 5.93. The predicted molar refractivity (Wildman–Crippen MR) is 38.0 cm³/mol. The Morgan fingerprint density at radius 1 is 1.20 bits per heavy atom. The Bertz CT molecular complexity index is 208. The molecule has 0 unspecified atom stereocenters. The highest BCUT2D eigenvalue weighted by Gasteiger charge is 1.85. The van der Waals surface area contributed by atoms with Gasteiger partial charge in [0.2, 0.25) is 0 Å². The lowest BCUT2D eigenvalue weighted by atomic mass is 10.2. The molecule has 0 saturated heterocycles. The third kappa shape index (κ3) is 2.07. The van der Waals surface area contributed by atoms with Crippen LogP contribution in [0.3, 0.4) is 0 Å². The Labute approximate surface area is 64.9 Å². The van der Waals surface area contributed by atoms with Crippen LogP contribution < -0.4 is 5.11 Å². The van der Waals surface area contributed by atoms with Crippen LogP contribution in [-0.2, 0) is 0 Å². The number of carboxylic acids is 1. The van der Waals surface area contributed by atoms with Crippen molar-refractivity contribution in [3.63, 3.8) is 0 Å². The molecule has 0 spiro atoms. The van der Waals surface area contributed by atoms with Gasteiger partial charge in [-0.05, 0) is 5.56 Å². The highest BCUT2D eigenvalue weighted by atomic mass is 35.5. The van der Waals surface area contributed by atoms with E-state index in [2.05, 4.69) is 0 Å². The summed E-state index contributed by atoms with van der Waals surface area (Å²) in [6.07, 6.45) is 0. The summed E-state index contributed by atoms with van der Waals surface area (Å²) in [6, 6.07) is 8.06. The summed E-state index contributed by atoms with van der Waals surface area (Å²) in [5.41, 5.74) is 0.220. The molecule has 1 rings (SSSR count). The zero-order chi connectivity index (χ0) is 6.69. The average Bonchev–Trinajstić information content (AvgIpc) is 1.90. The van der Waals surface area contributed by atoms with Gasteiger partial charge in [0, 0.05) is 0 Å². The minimum Gasteiger partial charge on any atom is -0.545 e. The lowest BCUT2D eigenvalue weighted by Gasteiger charge is -1.97. The standard InChI is InChI=1S/C7H6O2.ClH/c8-7(9)6-4-2-1-3-5-6;/h1-5H,(H,8,9);1H/p-1. The van der Waals surface area contributed by atoms with Crippen LogP contribution in [0.25, 0.3) is 0 Å². The molecular formula is C7H6ClO2-. The highest BCUT2D eigenvalue weighted by molar-refractivity contribution is 5.85. The minimum atomic E-state index is -1.13. The number of hydrogen-bond donors (Lipinski definition) is 0. The van der Waals surface area contributed by atoms with E-state index in [0.717, 1.165) is 0 Å². The van der Waals surface area contributed by atoms with Crippen molar-refractivity contribution in [2.75, 3.05) is 0 Å². The van der Waals surface area contributed by atoms with Gasteiger partial charge in [-0.2, -0.15) is 0 Å². The van der Waals surface area contributed by atoms with Crippen molar-refractivity contribution < 1.29 is 9.90 Å². The van der Waals surface area contributed by atoms with Crippen LogP contribution in [0.15, 0.2) is 30.3 Å². The first kappa shape index (κ1) is 8.98. The molecule has 3 heteroatoms. The molecule has 0 aliphatic heterocycles. The maximum Gasteiger partial charge on any atom is 0.0715 e. The Morgan fingerprint density at radius 3 is 2.00 bits per heavy atom. The molecular weight excluding hydrogens is 152 g/mol. The van der Waals surface area contributed by atoms with Crippen molar-refractivity contribution in [1.82, 2.24) is 0 Å². The van der Waals surface area contributed by atoms with Gasteiger partial charge in [0.15, 0.2) is 0 Å². The lowest BCUT2D eigenvalue weighted by Crippen LogP contribution is -2.21. The van der Waals surface area contributed by atoms with Gasteiger partial charge in [-0.25, -0.2) is 0 Å². The summed E-state index contributed by atoms with van der Waals surface area (Å²) in [4.78, 5) is 10.1. The molecule has 0 fully saturated rings. The van der Waals surface area contributed by atoms with Crippen molar-refractivity contribution in [2.45, 2.75) is 0 Å². The molecule has 54 valence electrons. The Morgan fingerprint density at radius 2 is 1.70 bits per heavy atom. The minimum absolute atomic E-state index is 0. The maximum absolute atomic E-state index is 10.1. The van der Waals surface area contributed by atoms with Gasteiger partial charge in [0.1, 0.15) is 0 Å². The molecule has 0 aromatic heterocycles. The van der Waals surface area contributed by atoms with E-state index < -0.39 is 5.97 Å². The van der Waals surface area contributed by atoms with Crippen LogP contribution in [0.2, 0.25) is 0 Å². The summed E-state index contributed by atoms with van der Waals surface area (Å²) < 4.78 is 0.